The molecule has 0 aromatic carbocycles. The molecule has 0 saturated carbocycles. The second kappa shape index (κ2) is 4.16. The Morgan fingerprint density at radius 3 is 2.87 bits per heavy atom. The Hall–Kier alpha value is -1.13. The quantitative estimate of drug-likeness (QED) is 0.870. The summed E-state index contributed by atoms with van der Waals surface area (Å²) in [5.41, 5.74) is 1.82. The molecule has 0 aliphatic heterocycles. The van der Waals surface area contributed by atoms with Crippen LogP contribution in [-0.2, 0) is 6.42 Å². The van der Waals surface area contributed by atoms with E-state index in [-0.39, 0.29) is 0 Å². The molecule has 0 radical (unpaired) electrons. The van der Waals surface area contributed by atoms with Crippen LogP contribution >= 0.6 is 11.3 Å². The van der Waals surface area contributed by atoms with Crippen LogP contribution in [0.4, 0.5) is 0 Å². The zero-order valence-corrected chi connectivity index (χ0v) is 9.54. The van der Waals surface area contributed by atoms with Crippen molar-refractivity contribution in [3.63, 3.8) is 0 Å². The van der Waals surface area contributed by atoms with E-state index in [1.807, 2.05) is 25.3 Å². The van der Waals surface area contributed by atoms with Gasteiger partial charge in [0, 0.05) is 23.1 Å². The topological polar surface area (TPSA) is 46.3 Å². The summed E-state index contributed by atoms with van der Waals surface area (Å²) < 4.78 is 5.15. The van der Waals surface area contributed by atoms with Crippen LogP contribution in [0.25, 0.3) is 0 Å². The third-order valence-electron chi connectivity index (χ3n) is 2.17. The smallest absolute Gasteiger partial charge is 0.101 e. The highest BCUT2D eigenvalue weighted by atomic mass is 32.1. The number of furan rings is 1. The molecule has 0 aliphatic carbocycles. The highest BCUT2D eigenvalue weighted by Crippen LogP contribution is 2.22. The lowest BCUT2D eigenvalue weighted by Gasteiger charge is -2.04. The Balaban J connectivity index is 2.06. The third-order valence-corrected chi connectivity index (χ3v) is 3.16. The van der Waals surface area contributed by atoms with E-state index in [1.165, 1.54) is 0 Å². The van der Waals surface area contributed by atoms with Crippen LogP contribution in [0, 0.1) is 13.8 Å². The molecule has 2 aromatic rings. The van der Waals surface area contributed by atoms with Gasteiger partial charge in [0.2, 0.25) is 0 Å². The number of aromatic nitrogens is 1. The fraction of sp³-hybridized carbons (Fsp3) is 0.364. The Bertz CT molecular complexity index is 447. The Morgan fingerprint density at radius 2 is 2.33 bits per heavy atom. The number of hydrogen-bond donors (Lipinski definition) is 1. The van der Waals surface area contributed by atoms with Crippen molar-refractivity contribution < 1.29 is 9.52 Å². The minimum absolute atomic E-state index is 0.520. The van der Waals surface area contributed by atoms with Gasteiger partial charge in [-0.3, -0.25) is 0 Å². The van der Waals surface area contributed by atoms with E-state index < -0.39 is 6.10 Å². The molecule has 1 atom stereocenters. The lowest BCUT2D eigenvalue weighted by molar-refractivity contribution is 0.177. The van der Waals surface area contributed by atoms with Crippen LogP contribution in [0.3, 0.4) is 0 Å². The number of aliphatic hydroxyl groups is 1. The molecule has 0 spiro atoms. The summed E-state index contributed by atoms with van der Waals surface area (Å²) in [6.45, 7) is 3.82. The summed E-state index contributed by atoms with van der Waals surface area (Å²) in [6, 6.07) is 1.85. The first-order chi connectivity index (χ1) is 7.15. The molecule has 80 valence electrons. The zero-order valence-electron chi connectivity index (χ0n) is 8.73. The second-order valence-corrected chi connectivity index (χ2v) is 4.54. The molecule has 0 aliphatic rings. The molecule has 0 bridgehead atoms. The van der Waals surface area contributed by atoms with Gasteiger partial charge >= 0.3 is 0 Å². The molecule has 2 rings (SSSR count). The van der Waals surface area contributed by atoms with Crippen LogP contribution in [0.2, 0.25) is 0 Å². The summed E-state index contributed by atoms with van der Waals surface area (Å²) in [6.07, 6.45) is 1.63. The molecule has 1 N–H and O–H groups in total. The maximum absolute atomic E-state index is 9.90. The van der Waals surface area contributed by atoms with E-state index in [0.717, 1.165) is 22.0 Å². The summed E-state index contributed by atoms with van der Waals surface area (Å²) in [7, 11) is 0. The molecule has 0 saturated heterocycles. The second-order valence-electron chi connectivity index (χ2n) is 3.59. The van der Waals surface area contributed by atoms with Gasteiger partial charge in [0.25, 0.3) is 0 Å². The van der Waals surface area contributed by atoms with Crippen LogP contribution in [0.15, 0.2) is 22.1 Å². The van der Waals surface area contributed by atoms with Gasteiger partial charge in [-0.25, -0.2) is 4.98 Å². The van der Waals surface area contributed by atoms with Crippen molar-refractivity contribution in [1.29, 1.82) is 0 Å². The summed E-state index contributed by atoms with van der Waals surface area (Å²) in [4.78, 5) is 4.31. The fourth-order valence-electron chi connectivity index (χ4n) is 1.42. The lowest BCUT2D eigenvalue weighted by atomic mass is 10.1. The number of aryl methyl sites for hydroxylation is 2. The van der Waals surface area contributed by atoms with Gasteiger partial charge in [-0.2, -0.15) is 0 Å². The van der Waals surface area contributed by atoms with E-state index in [4.69, 9.17) is 4.42 Å². The Morgan fingerprint density at radius 1 is 1.53 bits per heavy atom. The highest BCUT2D eigenvalue weighted by molar-refractivity contribution is 7.09. The maximum Gasteiger partial charge on any atom is 0.101 e. The molecule has 2 aromatic heterocycles. The van der Waals surface area contributed by atoms with Crippen LogP contribution in [0.5, 0.6) is 0 Å². The zero-order chi connectivity index (χ0) is 10.8. The number of thiazole rings is 1. The molecule has 4 heteroatoms. The largest absolute Gasteiger partial charge is 0.469 e. The first kappa shape index (κ1) is 10.4. The molecule has 0 amide bonds. The first-order valence-electron chi connectivity index (χ1n) is 4.79. The molecular formula is C11H13NO2S. The molecule has 0 fully saturated rings. The third kappa shape index (κ3) is 2.46. The van der Waals surface area contributed by atoms with Crippen molar-refractivity contribution in [3.05, 3.63) is 39.7 Å². The Labute approximate surface area is 92.4 Å². The first-order valence-corrected chi connectivity index (χ1v) is 5.67. The molecule has 2 heterocycles. The van der Waals surface area contributed by atoms with Crippen molar-refractivity contribution in [2.24, 2.45) is 0 Å². The van der Waals surface area contributed by atoms with Gasteiger partial charge in [0.05, 0.1) is 17.4 Å². The van der Waals surface area contributed by atoms with Gasteiger partial charge in [-0.05, 0) is 19.9 Å². The average molecular weight is 223 g/mol. The van der Waals surface area contributed by atoms with Gasteiger partial charge in [-0.1, -0.05) is 0 Å². The molecular weight excluding hydrogens is 210 g/mol. The fourth-order valence-corrected chi connectivity index (χ4v) is 2.23. The van der Waals surface area contributed by atoms with E-state index >= 15 is 0 Å². The van der Waals surface area contributed by atoms with Crippen LogP contribution < -0.4 is 0 Å². The summed E-state index contributed by atoms with van der Waals surface area (Å²) >= 11 is 1.58. The SMILES string of the molecule is Cc1csc(CC(O)c2coc(C)c2)n1. The monoisotopic (exact) mass is 223 g/mol. The summed E-state index contributed by atoms with van der Waals surface area (Å²) in [5.74, 6) is 0.819. The Kier molecular flexibility index (Phi) is 2.88. The minimum atomic E-state index is -0.520. The van der Waals surface area contributed by atoms with Crippen molar-refractivity contribution >= 4 is 11.3 Å². The maximum atomic E-state index is 9.90. The standard InChI is InChI=1S/C11H13NO2S/c1-7-6-15-11(12-7)4-10(13)9-3-8(2)14-5-9/h3,5-6,10,13H,4H2,1-2H3. The van der Waals surface area contributed by atoms with E-state index in [9.17, 15) is 5.11 Å². The summed E-state index contributed by atoms with van der Waals surface area (Å²) in [5, 5.41) is 12.8. The van der Waals surface area contributed by atoms with Gasteiger partial charge in [-0.15, -0.1) is 11.3 Å². The van der Waals surface area contributed by atoms with Crippen LogP contribution in [-0.4, -0.2) is 10.1 Å². The molecule has 3 nitrogen and oxygen atoms in total. The number of rotatable bonds is 3. The molecule has 15 heavy (non-hydrogen) atoms. The van der Waals surface area contributed by atoms with E-state index in [0.29, 0.717) is 6.42 Å². The van der Waals surface area contributed by atoms with E-state index in [1.54, 1.807) is 17.6 Å². The van der Waals surface area contributed by atoms with Gasteiger partial charge < -0.3 is 9.52 Å². The normalized spacial score (nSPS) is 13.0. The van der Waals surface area contributed by atoms with E-state index in [2.05, 4.69) is 4.98 Å². The van der Waals surface area contributed by atoms with Gasteiger partial charge in [0.15, 0.2) is 0 Å². The average Bonchev–Trinajstić information content (AvgIpc) is 2.75. The van der Waals surface area contributed by atoms with Crippen molar-refractivity contribution in [1.82, 2.24) is 4.98 Å². The van der Waals surface area contributed by atoms with Gasteiger partial charge in [0.1, 0.15) is 5.76 Å². The number of hydrogen-bond acceptors (Lipinski definition) is 4. The predicted octanol–water partition coefficient (Wildman–Crippen LogP) is 2.63. The predicted molar refractivity (Wildman–Crippen MR) is 59.0 cm³/mol. The van der Waals surface area contributed by atoms with Crippen molar-refractivity contribution in [2.75, 3.05) is 0 Å². The van der Waals surface area contributed by atoms with Crippen molar-refractivity contribution in [2.45, 2.75) is 26.4 Å². The molecule has 1 unspecified atom stereocenters. The van der Waals surface area contributed by atoms with Crippen LogP contribution in [0.1, 0.15) is 28.1 Å². The van der Waals surface area contributed by atoms with Crippen molar-refractivity contribution in [3.8, 4) is 0 Å². The number of aliphatic hydroxyl groups excluding tert-OH is 1. The minimum Gasteiger partial charge on any atom is -0.469 e. The lowest BCUT2D eigenvalue weighted by Crippen LogP contribution is -1.99. The highest BCUT2D eigenvalue weighted by Gasteiger charge is 2.12. The number of nitrogens with zero attached hydrogens (tertiary/aromatic N) is 1.